The van der Waals surface area contributed by atoms with E-state index in [1.807, 2.05) is 12.1 Å². The Morgan fingerprint density at radius 3 is 2.52 bits per heavy atom. The van der Waals surface area contributed by atoms with E-state index in [9.17, 15) is 19.7 Å². The number of amides is 1. The molecule has 0 aliphatic heterocycles. The van der Waals surface area contributed by atoms with Gasteiger partial charge in [0.25, 0.3) is 17.2 Å². The molecular weight excluding hydrogens is 426 g/mol. The van der Waals surface area contributed by atoms with Crippen LogP contribution in [0.25, 0.3) is 33.3 Å². The molecule has 0 atom stereocenters. The van der Waals surface area contributed by atoms with E-state index >= 15 is 0 Å². The van der Waals surface area contributed by atoms with Crippen LogP contribution in [0.15, 0.2) is 71.7 Å². The van der Waals surface area contributed by atoms with Crippen molar-refractivity contribution in [1.29, 1.82) is 0 Å². The molecule has 1 N–H and O–H groups in total. The van der Waals surface area contributed by atoms with Crippen LogP contribution in [0.1, 0.15) is 0 Å². The topological polar surface area (TPSA) is 121 Å². The number of nitro benzene ring substituents is 1. The van der Waals surface area contributed by atoms with Crippen molar-refractivity contribution in [2.45, 2.75) is 0 Å². The molecule has 5 aromatic rings. The summed E-state index contributed by atoms with van der Waals surface area (Å²) in [5.41, 5.74) is 1.74. The highest BCUT2D eigenvalue weighted by molar-refractivity contribution is 6.04. The van der Waals surface area contributed by atoms with Gasteiger partial charge in [-0.3, -0.25) is 28.7 Å². The first-order valence-electron chi connectivity index (χ1n) is 10.0. The van der Waals surface area contributed by atoms with E-state index in [2.05, 4.69) is 5.32 Å². The molecule has 0 aliphatic carbocycles. The molecule has 10 nitrogen and oxygen atoms in total. The molecule has 33 heavy (non-hydrogen) atoms. The third kappa shape index (κ3) is 3.33. The molecule has 2 aromatic carbocycles. The SMILES string of the molecule is CNC(=O)COc1ccc2nc3c4ccccc4c(=O)n(-c4ccc([N+](=O)[O-])cc4)c3n2c1. The number of ether oxygens (including phenoxy) is 1. The highest BCUT2D eigenvalue weighted by Gasteiger charge is 2.18. The third-order valence-corrected chi connectivity index (χ3v) is 5.36. The zero-order chi connectivity index (χ0) is 23.1. The fourth-order valence-corrected chi connectivity index (χ4v) is 3.77. The molecule has 5 rings (SSSR count). The Balaban J connectivity index is 1.82. The predicted octanol–water partition coefficient (Wildman–Crippen LogP) is 2.82. The molecule has 0 saturated carbocycles. The minimum Gasteiger partial charge on any atom is -0.482 e. The van der Waals surface area contributed by atoms with Gasteiger partial charge in [0.15, 0.2) is 12.3 Å². The number of carbonyl (C=O) groups excluding carboxylic acids is 1. The summed E-state index contributed by atoms with van der Waals surface area (Å²) >= 11 is 0. The fraction of sp³-hybridized carbons (Fsp3) is 0.0870. The van der Waals surface area contributed by atoms with E-state index < -0.39 is 4.92 Å². The Kier molecular flexibility index (Phi) is 4.74. The second kappa shape index (κ2) is 7.75. The van der Waals surface area contributed by atoms with Crippen LogP contribution < -0.4 is 15.6 Å². The Morgan fingerprint density at radius 1 is 1.09 bits per heavy atom. The first-order chi connectivity index (χ1) is 16.0. The summed E-state index contributed by atoms with van der Waals surface area (Å²) < 4.78 is 8.76. The summed E-state index contributed by atoms with van der Waals surface area (Å²) in [5.74, 6) is 0.139. The lowest BCUT2D eigenvalue weighted by atomic mass is 10.1. The van der Waals surface area contributed by atoms with Crippen LogP contribution in [-0.2, 0) is 4.79 Å². The van der Waals surface area contributed by atoms with E-state index in [0.717, 1.165) is 0 Å². The summed E-state index contributed by atoms with van der Waals surface area (Å²) in [6.07, 6.45) is 1.66. The summed E-state index contributed by atoms with van der Waals surface area (Å²) in [5, 5.41) is 14.7. The minimum absolute atomic E-state index is 0.0770. The lowest BCUT2D eigenvalue weighted by Gasteiger charge is -2.11. The van der Waals surface area contributed by atoms with Crippen molar-refractivity contribution in [2.75, 3.05) is 13.7 Å². The van der Waals surface area contributed by atoms with Crippen molar-refractivity contribution in [3.63, 3.8) is 0 Å². The van der Waals surface area contributed by atoms with Crippen LogP contribution in [0.4, 0.5) is 5.69 Å². The van der Waals surface area contributed by atoms with Gasteiger partial charge in [-0.1, -0.05) is 18.2 Å². The number of nitrogens with zero attached hydrogens (tertiary/aromatic N) is 4. The minimum atomic E-state index is -0.493. The highest BCUT2D eigenvalue weighted by atomic mass is 16.6. The van der Waals surface area contributed by atoms with Gasteiger partial charge in [0.05, 0.1) is 16.8 Å². The van der Waals surface area contributed by atoms with Crippen molar-refractivity contribution in [2.24, 2.45) is 0 Å². The first-order valence-corrected chi connectivity index (χ1v) is 10.0. The van der Waals surface area contributed by atoms with Crippen LogP contribution in [0.5, 0.6) is 5.75 Å². The van der Waals surface area contributed by atoms with Crippen LogP contribution in [0.3, 0.4) is 0 Å². The molecule has 0 bridgehead atoms. The molecule has 10 heteroatoms. The summed E-state index contributed by atoms with van der Waals surface area (Å²) in [6.45, 7) is -0.160. The fourth-order valence-electron chi connectivity index (χ4n) is 3.77. The highest BCUT2D eigenvalue weighted by Crippen LogP contribution is 2.28. The maximum absolute atomic E-state index is 13.5. The number of hydrogen-bond acceptors (Lipinski definition) is 6. The number of benzene rings is 2. The van der Waals surface area contributed by atoms with Crippen LogP contribution in [0, 0.1) is 10.1 Å². The average molecular weight is 443 g/mol. The number of nitrogens with one attached hydrogen (secondary N) is 1. The lowest BCUT2D eigenvalue weighted by molar-refractivity contribution is -0.384. The van der Waals surface area contributed by atoms with Gasteiger partial charge in [-0.15, -0.1) is 0 Å². The number of likely N-dealkylation sites (N-methyl/N-ethyl adjacent to an activating group) is 1. The van der Waals surface area contributed by atoms with Crippen LogP contribution >= 0.6 is 0 Å². The molecule has 0 aliphatic rings. The van der Waals surface area contributed by atoms with E-state index in [1.54, 1.807) is 34.9 Å². The zero-order valence-electron chi connectivity index (χ0n) is 17.4. The first kappa shape index (κ1) is 20.2. The molecule has 0 saturated heterocycles. The van der Waals surface area contributed by atoms with E-state index in [-0.39, 0.29) is 23.8 Å². The van der Waals surface area contributed by atoms with Gasteiger partial charge >= 0.3 is 0 Å². The molecule has 3 aromatic heterocycles. The molecule has 1 amide bonds. The Bertz CT molecular complexity index is 1620. The Labute approximate surface area is 185 Å². The van der Waals surface area contributed by atoms with Crippen molar-refractivity contribution < 1.29 is 14.5 Å². The van der Waals surface area contributed by atoms with Gasteiger partial charge in [0, 0.05) is 30.0 Å². The smallest absolute Gasteiger partial charge is 0.269 e. The summed E-state index contributed by atoms with van der Waals surface area (Å²) in [4.78, 5) is 40.4. The van der Waals surface area contributed by atoms with Crippen molar-refractivity contribution in [1.82, 2.24) is 19.3 Å². The van der Waals surface area contributed by atoms with Crippen molar-refractivity contribution in [3.8, 4) is 11.4 Å². The molecule has 0 radical (unpaired) electrons. The number of non-ortho nitro benzene ring substituents is 1. The van der Waals surface area contributed by atoms with E-state index in [0.29, 0.717) is 39.0 Å². The second-order valence-corrected chi connectivity index (χ2v) is 7.30. The van der Waals surface area contributed by atoms with Gasteiger partial charge in [-0.25, -0.2) is 4.98 Å². The summed E-state index contributed by atoms with van der Waals surface area (Å²) in [6, 6.07) is 16.3. The van der Waals surface area contributed by atoms with Gasteiger partial charge < -0.3 is 10.1 Å². The quantitative estimate of drug-likeness (QED) is 0.329. The number of pyridine rings is 2. The van der Waals surface area contributed by atoms with E-state index in [4.69, 9.17) is 9.72 Å². The van der Waals surface area contributed by atoms with Gasteiger partial charge in [0.1, 0.15) is 16.9 Å². The second-order valence-electron chi connectivity index (χ2n) is 7.30. The molecule has 164 valence electrons. The summed E-state index contributed by atoms with van der Waals surface area (Å²) in [7, 11) is 1.52. The predicted molar refractivity (Wildman–Crippen MR) is 122 cm³/mol. The van der Waals surface area contributed by atoms with Crippen molar-refractivity contribution >= 4 is 39.2 Å². The maximum Gasteiger partial charge on any atom is 0.269 e. The molecule has 0 unspecified atom stereocenters. The van der Waals surface area contributed by atoms with Crippen LogP contribution in [0.2, 0.25) is 0 Å². The largest absolute Gasteiger partial charge is 0.482 e. The molecular formula is C23H17N5O5. The number of nitro groups is 1. The normalized spacial score (nSPS) is 11.2. The number of carbonyl (C=O) groups is 1. The monoisotopic (exact) mass is 443 g/mol. The third-order valence-electron chi connectivity index (χ3n) is 5.36. The van der Waals surface area contributed by atoms with Gasteiger partial charge in [0.2, 0.25) is 0 Å². The molecule has 0 fully saturated rings. The number of aromatic nitrogens is 3. The van der Waals surface area contributed by atoms with Crippen molar-refractivity contribution in [3.05, 3.63) is 87.3 Å². The Hall–Kier alpha value is -4.73. The van der Waals surface area contributed by atoms with E-state index in [1.165, 1.54) is 35.9 Å². The zero-order valence-corrected chi connectivity index (χ0v) is 17.4. The number of fused-ring (bicyclic) bond motifs is 5. The maximum atomic E-state index is 13.5. The lowest BCUT2D eigenvalue weighted by Crippen LogP contribution is -2.24. The van der Waals surface area contributed by atoms with Gasteiger partial charge in [-0.05, 0) is 30.3 Å². The number of rotatable bonds is 5. The molecule has 0 spiro atoms. The number of hydrogen-bond donors (Lipinski definition) is 1. The molecule has 3 heterocycles. The average Bonchev–Trinajstić information content (AvgIpc) is 3.22. The standard InChI is InChI=1S/C23H17N5O5/c1-24-20(29)13-33-16-10-11-19-25-21-17-4-2-3-5-18(17)23(30)27(22(21)26(19)12-16)14-6-8-15(9-7-14)28(31)32/h2-12H,13H2,1H3,(H,24,29). The van der Waals surface area contributed by atoms with Gasteiger partial charge in [-0.2, -0.15) is 0 Å². The number of imidazole rings is 1. The van der Waals surface area contributed by atoms with Crippen LogP contribution in [-0.4, -0.2) is 38.4 Å². The Morgan fingerprint density at radius 2 is 1.82 bits per heavy atom.